The van der Waals surface area contributed by atoms with Gasteiger partial charge in [0.25, 0.3) is 5.91 Å². The quantitative estimate of drug-likeness (QED) is 0.885. The zero-order valence-electron chi connectivity index (χ0n) is 14.3. The van der Waals surface area contributed by atoms with Gasteiger partial charge in [0.15, 0.2) is 0 Å². The molecule has 2 aromatic rings. The Labute approximate surface area is 146 Å². The minimum absolute atomic E-state index is 0.105. The molecule has 0 unspecified atom stereocenters. The third kappa shape index (κ3) is 3.40. The highest BCUT2D eigenvalue weighted by molar-refractivity contribution is 6.00. The summed E-state index contributed by atoms with van der Waals surface area (Å²) in [6, 6.07) is 5.65. The number of pyridine rings is 1. The summed E-state index contributed by atoms with van der Waals surface area (Å²) in [5.41, 5.74) is 0.311. The Bertz CT molecular complexity index is 756. The zero-order valence-corrected chi connectivity index (χ0v) is 14.3. The molecule has 134 valence electrons. The van der Waals surface area contributed by atoms with Gasteiger partial charge in [0.1, 0.15) is 5.60 Å². The maximum atomic E-state index is 13.0. The second kappa shape index (κ2) is 6.74. The van der Waals surface area contributed by atoms with Crippen LogP contribution in [0.15, 0.2) is 30.6 Å². The number of likely N-dealkylation sites (tertiary alicyclic amines) is 1. The largest absolute Gasteiger partial charge is 0.384 e. The van der Waals surface area contributed by atoms with Gasteiger partial charge < -0.3 is 19.6 Å². The summed E-state index contributed by atoms with van der Waals surface area (Å²) in [4.78, 5) is 17.0. The number of ether oxygens (including phenoxy) is 1. The summed E-state index contributed by atoms with van der Waals surface area (Å²) in [5.74, 6) is -0.105. The van der Waals surface area contributed by atoms with Gasteiger partial charge in [0.2, 0.25) is 0 Å². The first-order chi connectivity index (χ1) is 12.1. The number of rotatable bonds is 3. The number of aromatic nitrogens is 2. The van der Waals surface area contributed by atoms with Crippen LogP contribution in [0.1, 0.15) is 23.2 Å². The summed E-state index contributed by atoms with van der Waals surface area (Å²) in [5, 5.41) is 15.3. The molecule has 1 atom stereocenters. The normalized spacial score (nSPS) is 25.4. The average molecular weight is 344 g/mol. The molecule has 0 spiro atoms. The van der Waals surface area contributed by atoms with Gasteiger partial charge in [-0.1, -0.05) is 6.07 Å². The van der Waals surface area contributed by atoms with Gasteiger partial charge in [-0.15, -0.1) is 0 Å². The molecule has 0 aromatic carbocycles. The third-order valence-electron chi connectivity index (χ3n) is 5.02. The van der Waals surface area contributed by atoms with Crippen molar-refractivity contribution in [3.8, 4) is 0 Å². The van der Waals surface area contributed by atoms with E-state index in [0.717, 1.165) is 18.6 Å². The van der Waals surface area contributed by atoms with Crippen molar-refractivity contribution < 1.29 is 14.6 Å². The molecule has 2 saturated heterocycles. The molecule has 4 rings (SSSR count). The number of amides is 1. The lowest BCUT2D eigenvalue weighted by molar-refractivity contribution is -0.0524. The first-order valence-electron chi connectivity index (χ1n) is 8.89. The van der Waals surface area contributed by atoms with E-state index in [1.54, 1.807) is 15.6 Å². The second-order valence-electron chi connectivity index (χ2n) is 7.08. The van der Waals surface area contributed by atoms with Crippen LogP contribution in [0.25, 0.3) is 5.52 Å². The lowest BCUT2D eigenvalue weighted by Gasteiger charge is -2.33. The molecule has 0 radical (unpaired) electrons. The van der Waals surface area contributed by atoms with Gasteiger partial charge in [-0.25, -0.2) is 4.52 Å². The van der Waals surface area contributed by atoms with Gasteiger partial charge in [-0.05, 0) is 38.1 Å². The predicted octanol–water partition coefficient (Wildman–Crippen LogP) is 0.634. The van der Waals surface area contributed by atoms with E-state index in [1.165, 1.54) is 12.8 Å². The summed E-state index contributed by atoms with van der Waals surface area (Å²) in [6.07, 6.45) is 5.76. The van der Waals surface area contributed by atoms with E-state index in [-0.39, 0.29) is 19.1 Å². The van der Waals surface area contributed by atoms with Gasteiger partial charge in [-0.2, -0.15) is 5.10 Å². The third-order valence-corrected chi connectivity index (χ3v) is 5.02. The van der Waals surface area contributed by atoms with E-state index in [0.29, 0.717) is 25.3 Å². The second-order valence-corrected chi connectivity index (χ2v) is 7.08. The number of aliphatic hydroxyl groups is 1. The van der Waals surface area contributed by atoms with Crippen molar-refractivity contribution in [2.24, 2.45) is 0 Å². The van der Waals surface area contributed by atoms with Crippen molar-refractivity contribution in [3.63, 3.8) is 0 Å². The highest BCUT2D eigenvalue weighted by Crippen LogP contribution is 2.20. The molecule has 25 heavy (non-hydrogen) atoms. The van der Waals surface area contributed by atoms with Gasteiger partial charge in [0, 0.05) is 19.3 Å². The fourth-order valence-corrected chi connectivity index (χ4v) is 3.81. The lowest BCUT2D eigenvalue weighted by Crippen LogP contribution is -2.53. The Morgan fingerprint density at radius 3 is 2.96 bits per heavy atom. The minimum Gasteiger partial charge on any atom is -0.384 e. The van der Waals surface area contributed by atoms with Crippen molar-refractivity contribution >= 4 is 11.4 Å². The Hall–Kier alpha value is -1.96. The van der Waals surface area contributed by atoms with Crippen LogP contribution < -0.4 is 0 Å². The molecule has 0 bridgehead atoms. The highest BCUT2D eigenvalue weighted by Gasteiger charge is 2.37. The molecule has 1 amide bonds. The Morgan fingerprint density at radius 1 is 1.28 bits per heavy atom. The summed E-state index contributed by atoms with van der Waals surface area (Å²) >= 11 is 0. The number of nitrogens with zero attached hydrogens (tertiary/aromatic N) is 4. The van der Waals surface area contributed by atoms with E-state index >= 15 is 0 Å². The first-order valence-corrected chi connectivity index (χ1v) is 8.89. The van der Waals surface area contributed by atoms with Crippen LogP contribution in [0.2, 0.25) is 0 Å². The van der Waals surface area contributed by atoms with E-state index in [4.69, 9.17) is 4.74 Å². The Kier molecular flexibility index (Phi) is 4.45. The van der Waals surface area contributed by atoms with Crippen molar-refractivity contribution in [2.75, 3.05) is 45.9 Å². The van der Waals surface area contributed by atoms with Crippen LogP contribution in [0.5, 0.6) is 0 Å². The number of carbonyl (C=O) groups excluding carboxylic acids is 1. The smallest absolute Gasteiger partial charge is 0.257 e. The Morgan fingerprint density at radius 2 is 2.12 bits per heavy atom. The van der Waals surface area contributed by atoms with Gasteiger partial charge >= 0.3 is 0 Å². The predicted molar refractivity (Wildman–Crippen MR) is 92.5 cm³/mol. The summed E-state index contributed by atoms with van der Waals surface area (Å²) in [7, 11) is 0. The molecule has 0 aliphatic carbocycles. The molecule has 7 nitrogen and oxygen atoms in total. The average Bonchev–Trinajstić information content (AvgIpc) is 3.22. The number of carbonyl (C=O) groups is 1. The zero-order chi connectivity index (χ0) is 17.3. The topological polar surface area (TPSA) is 70.3 Å². The van der Waals surface area contributed by atoms with Crippen LogP contribution >= 0.6 is 0 Å². The van der Waals surface area contributed by atoms with E-state index in [1.807, 2.05) is 24.4 Å². The summed E-state index contributed by atoms with van der Waals surface area (Å²) in [6.45, 7) is 4.02. The Balaban J connectivity index is 1.54. The van der Waals surface area contributed by atoms with Gasteiger partial charge in [-0.3, -0.25) is 4.79 Å². The van der Waals surface area contributed by atoms with Crippen LogP contribution in [0.4, 0.5) is 0 Å². The van der Waals surface area contributed by atoms with Crippen LogP contribution in [0.3, 0.4) is 0 Å². The molecule has 4 heterocycles. The molecule has 2 aromatic heterocycles. The van der Waals surface area contributed by atoms with Crippen LogP contribution in [-0.2, 0) is 4.74 Å². The van der Waals surface area contributed by atoms with Crippen LogP contribution in [-0.4, -0.2) is 82.0 Å². The summed E-state index contributed by atoms with van der Waals surface area (Å²) < 4.78 is 7.31. The molecular formula is C18H24N4O3. The van der Waals surface area contributed by atoms with Crippen LogP contribution in [0, 0.1) is 0 Å². The monoisotopic (exact) mass is 344 g/mol. The maximum Gasteiger partial charge on any atom is 0.257 e. The van der Waals surface area contributed by atoms with Crippen molar-refractivity contribution in [2.45, 2.75) is 18.4 Å². The van der Waals surface area contributed by atoms with Crippen molar-refractivity contribution in [3.05, 3.63) is 36.2 Å². The van der Waals surface area contributed by atoms with Crippen molar-refractivity contribution in [1.82, 2.24) is 19.4 Å². The minimum atomic E-state index is -1.03. The SMILES string of the molecule is O=C(c1cnn2ccccc12)N1CCOC[C@@](O)(CN2CCCC2)C1. The fraction of sp³-hybridized carbons (Fsp3) is 0.556. The van der Waals surface area contributed by atoms with Gasteiger partial charge in [0.05, 0.1) is 37.0 Å². The molecular weight excluding hydrogens is 320 g/mol. The molecule has 7 heteroatoms. The molecule has 1 N–H and O–H groups in total. The number of fused-ring (bicyclic) bond motifs is 1. The highest BCUT2D eigenvalue weighted by atomic mass is 16.5. The molecule has 2 fully saturated rings. The van der Waals surface area contributed by atoms with E-state index in [2.05, 4.69) is 10.00 Å². The van der Waals surface area contributed by atoms with E-state index < -0.39 is 5.60 Å². The first kappa shape index (κ1) is 16.5. The van der Waals surface area contributed by atoms with E-state index in [9.17, 15) is 9.90 Å². The number of hydrogen-bond donors (Lipinski definition) is 1. The molecule has 2 aliphatic heterocycles. The number of β-amino-alcohol motifs (C(OH)–C–C–N with tert-alkyl or cyclic N) is 1. The fourth-order valence-electron chi connectivity index (χ4n) is 3.81. The van der Waals surface area contributed by atoms with Crippen molar-refractivity contribution in [1.29, 1.82) is 0 Å². The molecule has 2 aliphatic rings. The standard InChI is InChI=1S/C18H24N4O3/c23-17(15-11-19-22-8-2-1-5-16(15)22)21-9-10-25-14-18(24,13-21)12-20-6-3-4-7-20/h1-2,5,8,11,24H,3-4,6-7,9-10,12-14H2/t18-/m1/s1. The lowest BCUT2D eigenvalue weighted by atomic mass is 10.0. The number of hydrogen-bond acceptors (Lipinski definition) is 5. The molecule has 0 saturated carbocycles. The maximum absolute atomic E-state index is 13.0.